The van der Waals surface area contributed by atoms with Crippen molar-refractivity contribution >= 4 is 16.0 Å². The van der Waals surface area contributed by atoms with Crippen LogP contribution in [-0.4, -0.2) is 20.1 Å². The molecule has 0 spiro atoms. The van der Waals surface area contributed by atoms with Crippen LogP contribution in [0.25, 0.3) is 0 Å². The second-order valence-electron chi connectivity index (χ2n) is 3.44. The lowest BCUT2D eigenvalue weighted by molar-refractivity contribution is -0.128. The maximum atomic E-state index is 11.1. The molecule has 6 heteroatoms. The van der Waals surface area contributed by atoms with Crippen LogP contribution in [-0.2, 0) is 19.2 Å². The maximum Gasteiger partial charge on any atom is 0.287 e. The standard InChI is InChI=1S/C8H15NO4S/c1-2-3-6-14(11,12)13-9-8(10)7-4-5-7/h7H,2-6H2,1H3,(H,9,10). The van der Waals surface area contributed by atoms with Gasteiger partial charge in [-0.2, -0.15) is 8.42 Å². The number of hydrogen-bond acceptors (Lipinski definition) is 4. The highest BCUT2D eigenvalue weighted by molar-refractivity contribution is 7.86. The third-order valence-electron chi connectivity index (χ3n) is 1.97. The van der Waals surface area contributed by atoms with Gasteiger partial charge in [0, 0.05) is 5.92 Å². The SMILES string of the molecule is CCCCS(=O)(=O)ONC(=O)C1CC1. The average molecular weight is 221 g/mol. The first-order chi connectivity index (χ1) is 6.55. The van der Waals surface area contributed by atoms with E-state index < -0.39 is 10.1 Å². The number of hydroxylamine groups is 1. The summed E-state index contributed by atoms with van der Waals surface area (Å²) in [6.07, 6.45) is 2.97. The second-order valence-corrected chi connectivity index (χ2v) is 5.13. The molecule has 1 rings (SSSR count). The largest absolute Gasteiger partial charge is 0.287 e. The third kappa shape index (κ3) is 4.06. The topological polar surface area (TPSA) is 72.5 Å². The monoisotopic (exact) mass is 221 g/mol. The molecule has 1 N–H and O–H groups in total. The summed E-state index contributed by atoms with van der Waals surface area (Å²) in [7, 11) is -3.58. The zero-order valence-corrected chi connectivity index (χ0v) is 8.97. The van der Waals surface area contributed by atoms with Crippen molar-refractivity contribution in [2.24, 2.45) is 5.92 Å². The fourth-order valence-electron chi connectivity index (χ4n) is 0.896. The molecule has 0 unspecified atom stereocenters. The number of amides is 1. The van der Waals surface area contributed by atoms with Crippen LogP contribution in [0.2, 0.25) is 0 Å². The van der Waals surface area contributed by atoms with Gasteiger partial charge in [-0.1, -0.05) is 13.3 Å². The highest BCUT2D eigenvalue weighted by Crippen LogP contribution is 2.28. The van der Waals surface area contributed by atoms with E-state index in [9.17, 15) is 13.2 Å². The van der Waals surface area contributed by atoms with E-state index in [0.29, 0.717) is 6.42 Å². The minimum Gasteiger partial charge on any atom is -0.272 e. The molecule has 14 heavy (non-hydrogen) atoms. The molecule has 0 bridgehead atoms. The molecule has 0 atom stereocenters. The Hall–Kier alpha value is -0.620. The van der Waals surface area contributed by atoms with E-state index in [2.05, 4.69) is 4.28 Å². The third-order valence-corrected chi connectivity index (χ3v) is 3.09. The van der Waals surface area contributed by atoms with Gasteiger partial charge < -0.3 is 0 Å². The van der Waals surface area contributed by atoms with Crippen LogP contribution < -0.4 is 5.48 Å². The van der Waals surface area contributed by atoms with Crippen molar-refractivity contribution in [3.8, 4) is 0 Å². The van der Waals surface area contributed by atoms with E-state index in [0.717, 1.165) is 19.3 Å². The van der Waals surface area contributed by atoms with Crippen molar-refractivity contribution in [1.82, 2.24) is 5.48 Å². The van der Waals surface area contributed by atoms with Crippen LogP contribution in [0, 0.1) is 5.92 Å². The van der Waals surface area contributed by atoms with Gasteiger partial charge in [0.25, 0.3) is 10.1 Å². The van der Waals surface area contributed by atoms with Crippen LogP contribution >= 0.6 is 0 Å². The lowest BCUT2D eigenvalue weighted by atomic mass is 10.4. The van der Waals surface area contributed by atoms with E-state index in [-0.39, 0.29) is 17.6 Å². The average Bonchev–Trinajstić information content (AvgIpc) is 2.94. The van der Waals surface area contributed by atoms with Gasteiger partial charge in [0.1, 0.15) is 0 Å². The van der Waals surface area contributed by atoms with Crippen molar-refractivity contribution < 1.29 is 17.5 Å². The summed E-state index contributed by atoms with van der Waals surface area (Å²) in [6, 6.07) is 0. The highest BCUT2D eigenvalue weighted by atomic mass is 32.2. The number of nitrogens with one attached hydrogen (secondary N) is 1. The van der Waals surface area contributed by atoms with E-state index >= 15 is 0 Å². The highest BCUT2D eigenvalue weighted by Gasteiger charge is 2.30. The van der Waals surface area contributed by atoms with Gasteiger partial charge in [-0.25, -0.2) is 5.48 Å². The van der Waals surface area contributed by atoms with Crippen molar-refractivity contribution in [3.05, 3.63) is 0 Å². The Morgan fingerprint density at radius 1 is 1.50 bits per heavy atom. The molecule has 1 aliphatic carbocycles. The van der Waals surface area contributed by atoms with E-state index in [1.807, 2.05) is 12.4 Å². The minimum absolute atomic E-state index is 0.0450. The molecule has 1 aliphatic rings. The van der Waals surface area contributed by atoms with Crippen LogP contribution in [0.1, 0.15) is 32.6 Å². The van der Waals surface area contributed by atoms with E-state index in [1.165, 1.54) is 0 Å². The van der Waals surface area contributed by atoms with Crippen LogP contribution in [0.4, 0.5) is 0 Å². The van der Waals surface area contributed by atoms with E-state index in [4.69, 9.17) is 0 Å². The Morgan fingerprint density at radius 2 is 2.14 bits per heavy atom. The summed E-state index contributed by atoms with van der Waals surface area (Å²) in [6.45, 7) is 1.89. The minimum atomic E-state index is -3.58. The van der Waals surface area contributed by atoms with Gasteiger partial charge in [-0.3, -0.25) is 4.79 Å². The second kappa shape index (κ2) is 4.75. The zero-order valence-electron chi connectivity index (χ0n) is 8.15. The Labute approximate surface area is 83.9 Å². The molecule has 0 saturated heterocycles. The number of carbonyl (C=O) groups is 1. The van der Waals surface area contributed by atoms with Gasteiger partial charge in [-0.15, -0.1) is 4.28 Å². The molecule has 82 valence electrons. The molecule has 1 saturated carbocycles. The fraction of sp³-hybridized carbons (Fsp3) is 0.875. The molecule has 1 amide bonds. The predicted octanol–water partition coefficient (Wildman–Crippen LogP) is 0.574. The molecular weight excluding hydrogens is 206 g/mol. The Kier molecular flexibility index (Phi) is 3.88. The summed E-state index contributed by atoms with van der Waals surface area (Å²) in [5, 5.41) is 0. The molecule has 0 heterocycles. The van der Waals surface area contributed by atoms with Crippen molar-refractivity contribution in [3.63, 3.8) is 0 Å². The maximum absolute atomic E-state index is 11.1. The van der Waals surface area contributed by atoms with Crippen molar-refractivity contribution in [2.75, 3.05) is 5.75 Å². The predicted molar refractivity (Wildman–Crippen MR) is 50.6 cm³/mol. The number of hydrogen-bond donors (Lipinski definition) is 1. The molecule has 1 fully saturated rings. The fourth-order valence-corrected chi connectivity index (χ4v) is 1.83. The van der Waals surface area contributed by atoms with E-state index in [1.54, 1.807) is 0 Å². The normalized spacial score (nSPS) is 16.6. The van der Waals surface area contributed by atoms with Gasteiger partial charge in [-0.05, 0) is 19.3 Å². The van der Waals surface area contributed by atoms with Crippen LogP contribution in [0.15, 0.2) is 0 Å². The summed E-state index contributed by atoms with van der Waals surface area (Å²) < 4.78 is 26.6. The molecule has 0 aromatic heterocycles. The molecule has 0 aliphatic heterocycles. The number of rotatable bonds is 6. The smallest absolute Gasteiger partial charge is 0.272 e. The first-order valence-corrected chi connectivity index (χ1v) is 6.34. The molecule has 0 radical (unpaired) electrons. The number of unbranched alkanes of at least 4 members (excludes halogenated alkanes) is 1. The van der Waals surface area contributed by atoms with Crippen LogP contribution in [0.5, 0.6) is 0 Å². The lowest BCUT2D eigenvalue weighted by Gasteiger charge is -2.04. The summed E-state index contributed by atoms with van der Waals surface area (Å²) >= 11 is 0. The van der Waals surface area contributed by atoms with Gasteiger partial charge >= 0.3 is 0 Å². The molecule has 0 aromatic rings. The van der Waals surface area contributed by atoms with Crippen LogP contribution in [0.3, 0.4) is 0 Å². The van der Waals surface area contributed by atoms with Gasteiger partial charge in [0.05, 0.1) is 5.75 Å². The van der Waals surface area contributed by atoms with Crippen molar-refractivity contribution in [1.29, 1.82) is 0 Å². The van der Waals surface area contributed by atoms with Crippen molar-refractivity contribution in [2.45, 2.75) is 32.6 Å². The first-order valence-electron chi connectivity index (χ1n) is 4.76. The summed E-state index contributed by atoms with van der Waals surface area (Å²) in [5.74, 6) is -0.421. The zero-order chi connectivity index (χ0) is 10.6. The Bertz CT molecular complexity index is 294. The molecule has 5 nitrogen and oxygen atoms in total. The Balaban J connectivity index is 2.24. The summed E-state index contributed by atoms with van der Waals surface area (Å²) in [5.41, 5.74) is 1.97. The lowest BCUT2D eigenvalue weighted by Crippen LogP contribution is -2.29. The molecule has 0 aromatic carbocycles. The summed E-state index contributed by atoms with van der Waals surface area (Å²) in [4.78, 5) is 11.0. The first kappa shape index (κ1) is 11.5. The van der Waals surface area contributed by atoms with Gasteiger partial charge in [0.15, 0.2) is 0 Å². The Morgan fingerprint density at radius 3 is 2.64 bits per heavy atom. The molecular formula is C8H15NO4S. The quantitative estimate of drug-likeness (QED) is 0.666. The van der Waals surface area contributed by atoms with Gasteiger partial charge in [0.2, 0.25) is 5.91 Å². The number of carbonyl (C=O) groups excluding carboxylic acids is 1.